The highest BCUT2D eigenvalue weighted by molar-refractivity contribution is 6.29. The van der Waals surface area contributed by atoms with Gasteiger partial charge in [-0.2, -0.15) is 0 Å². The molecule has 1 N–H and O–H groups in total. The monoisotopic (exact) mass is 302 g/mol. The first-order valence-electron chi connectivity index (χ1n) is 7.09. The van der Waals surface area contributed by atoms with E-state index in [9.17, 15) is 4.79 Å². The van der Waals surface area contributed by atoms with Crippen LogP contribution in [0.25, 0.3) is 0 Å². The molecule has 0 atom stereocenters. The van der Waals surface area contributed by atoms with Crippen LogP contribution in [0.2, 0.25) is 5.15 Å². The zero-order chi connectivity index (χ0) is 15.2. The number of amides is 1. The average molecular weight is 303 g/mol. The predicted molar refractivity (Wildman–Crippen MR) is 85.6 cm³/mol. The van der Waals surface area contributed by atoms with E-state index in [4.69, 9.17) is 11.6 Å². The van der Waals surface area contributed by atoms with Crippen LogP contribution in [-0.2, 0) is 13.0 Å². The van der Waals surface area contributed by atoms with E-state index >= 15 is 0 Å². The van der Waals surface area contributed by atoms with Gasteiger partial charge in [0.05, 0.1) is 0 Å². The molecule has 0 aliphatic heterocycles. The summed E-state index contributed by atoms with van der Waals surface area (Å²) in [4.78, 5) is 16.5. The van der Waals surface area contributed by atoms with E-state index in [-0.39, 0.29) is 5.91 Å². The molecule has 1 amide bonds. The summed E-state index contributed by atoms with van der Waals surface area (Å²) < 4.78 is 0. The summed E-state index contributed by atoms with van der Waals surface area (Å²) in [5.74, 6) is -0.125. The van der Waals surface area contributed by atoms with Gasteiger partial charge in [-0.3, -0.25) is 4.79 Å². The third-order valence-corrected chi connectivity index (χ3v) is 3.51. The normalized spacial score (nSPS) is 10.4. The number of benzene rings is 1. The van der Waals surface area contributed by atoms with E-state index in [1.54, 1.807) is 6.07 Å². The van der Waals surface area contributed by atoms with E-state index in [1.807, 2.05) is 37.3 Å². The number of halogens is 1. The van der Waals surface area contributed by atoms with Crippen molar-refractivity contribution in [2.75, 3.05) is 0 Å². The van der Waals surface area contributed by atoms with Gasteiger partial charge < -0.3 is 5.32 Å². The van der Waals surface area contributed by atoms with Crippen LogP contribution >= 0.6 is 11.6 Å². The predicted octanol–water partition coefficient (Wildman–Crippen LogP) is 3.93. The maximum Gasteiger partial charge on any atom is 0.251 e. The van der Waals surface area contributed by atoms with Crippen molar-refractivity contribution in [1.82, 2.24) is 10.3 Å². The van der Waals surface area contributed by atoms with Gasteiger partial charge in [-0.05, 0) is 36.6 Å². The number of nitrogens with one attached hydrogen (secondary N) is 1. The van der Waals surface area contributed by atoms with Crippen molar-refractivity contribution < 1.29 is 4.79 Å². The summed E-state index contributed by atoms with van der Waals surface area (Å²) in [6.45, 7) is 4.61. The summed E-state index contributed by atoms with van der Waals surface area (Å²) in [5.41, 5.74) is 3.69. The SMILES string of the molecule is CCCc1cc(C(=O)NCc2ccccc2C)cc(Cl)n1. The van der Waals surface area contributed by atoms with Crippen molar-refractivity contribution in [3.05, 3.63) is 63.9 Å². The van der Waals surface area contributed by atoms with Gasteiger partial charge >= 0.3 is 0 Å². The number of hydrogen-bond acceptors (Lipinski definition) is 2. The highest BCUT2D eigenvalue weighted by atomic mass is 35.5. The van der Waals surface area contributed by atoms with E-state index in [0.717, 1.165) is 29.7 Å². The summed E-state index contributed by atoms with van der Waals surface area (Å²) in [7, 11) is 0. The first-order chi connectivity index (χ1) is 10.1. The molecular formula is C17H19ClN2O. The van der Waals surface area contributed by atoms with Crippen LogP contribution in [0.4, 0.5) is 0 Å². The Hall–Kier alpha value is -1.87. The van der Waals surface area contributed by atoms with E-state index in [2.05, 4.69) is 17.2 Å². The van der Waals surface area contributed by atoms with Gasteiger partial charge in [0, 0.05) is 17.8 Å². The lowest BCUT2D eigenvalue weighted by molar-refractivity contribution is 0.0950. The van der Waals surface area contributed by atoms with Gasteiger partial charge in [-0.15, -0.1) is 0 Å². The topological polar surface area (TPSA) is 42.0 Å². The maximum atomic E-state index is 12.2. The first kappa shape index (κ1) is 15.5. The number of aryl methyl sites for hydroxylation is 2. The molecule has 0 spiro atoms. The standard InChI is InChI=1S/C17H19ClN2O/c1-3-6-15-9-14(10-16(18)20-15)17(21)19-11-13-8-5-4-7-12(13)2/h4-5,7-10H,3,6,11H2,1-2H3,(H,19,21). The molecule has 3 nitrogen and oxygen atoms in total. The van der Waals surface area contributed by atoms with Gasteiger partial charge in [0.1, 0.15) is 5.15 Å². The molecule has 1 heterocycles. The Bertz CT molecular complexity index is 640. The van der Waals surface area contributed by atoms with E-state index in [1.165, 1.54) is 0 Å². The lowest BCUT2D eigenvalue weighted by atomic mass is 10.1. The van der Waals surface area contributed by atoms with E-state index < -0.39 is 0 Å². The van der Waals surface area contributed by atoms with Crippen molar-refractivity contribution in [1.29, 1.82) is 0 Å². The molecule has 0 saturated heterocycles. The molecule has 21 heavy (non-hydrogen) atoms. The third-order valence-electron chi connectivity index (χ3n) is 3.32. The molecular weight excluding hydrogens is 284 g/mol. The van der Waals surface area contributed by atoms with Crippen LogP contribution in [-0.4, -0.2) is 10.9 Å². The zero-order valence-corrected chi connectivity index (χ0v) is 13.1. The minimum Gasteiger partial charge on any atom is -0.348 e. The molecule has 2 rings (SSSR count). The number of carbonyl (C=O) groups is 1. The zero-order valence-electron chi connectivity index (χ0n) is 12.3. The summed E-state index contributed by atoms with van der Waals surface area (Å²) in [5, 5.41) is 3.29. The van der Waals surface area contributed by atoms with Gasteiger partial charge in [-0.25, -0.2) is 4.98 Å². The lowest BCUT2D eigenvalue weighted by Gasteiger charge is -2.09. The van der Waals surface area contributed by atoms with Crippen LogP contribution in [0.3, 0.4) is 0 Å². The number of rotatable bonds is 5. The van der Waals surface area contributed by atoms with Crippen molar-refractivity contribution in [2.24, 2.45) is 0 Å². The van der Waals surface area contributed by atoms with Gasteiger partial charge in [-0.1, -0.05) is 49.2 Å². The molecule has 0 aliphatic carbocycles. The Morgan fingerprint density at radius 2 is 2.05 bits per heavy atom. The number of hydrogen-bond donors (Lipinski definition) is 1. The molecule has 0 bridgehead atoms. The third kappa shape index (κ3) is 4.30. The number of nitrogens with zero attached hydrogens (tertiary/aromatic N) is 1. The van der Waals surface area contributed by atoms with Crippen molar-refractivity contribution in [2.45, 2.75) is 33.2 Å². The molecule has 110 valence electrons. The summed E-state index contributed by atoms with van der Waals surface area (Å²) >= 11 is 5.98. The van der Waals surface area contributed by atoms with Crippen molar-refractivity contribution in [3.63, 3.8) is 0 Å². The molecule has 0 radical (unpaired) electrons. The fourth-order valence-corrected chi connectivity index (χ4v) is 2.38. The summed E-state index contributed by atoms with van der Waals surface area (Å²) in [6, 6.07) is 11.4. The molecule has 0 unspecified atom stereocenters. The highest BCUT2D eigenvalue weighted by Crippen LogP contribution is 2.13. The van der Waals surface area contributed by atoms with Gasteiger partial charge in [0.25, 0.3) is 5.91 Å². The Morgan fingerprint density at radius 1 is 1.29 bits per heavy atom. The lowest BCUT2D eigenvalue weighted by Crippen LogP contribution is -2.23. The molecule has 0 aliphatic rings. The first-order valence-corrected chi connectivity index (χ1v) is 7.47. The molecule has 0 fully saturated rings. The fraction of sp³-hybridized carbons (Fsp3) is 0.294. The largest absolute Gasteiger partial charge is 0.348 e. The second kappa shape index (κ2) is 7.23. The number of aromatic nitrogens is 1. The second-order valence-corrected chi connectivity index (χ2v) is 5.42. The van der Waals surface area contributed by atoms with Crippen LogP contribution in [0.15, 0.2) is 36.4 Å². The molecule has 1 aromatic carbocycles. The Labute approximate surface area is 130 Å². The molecule has 2 aromatic rings. The number of pyridine rings is 1. The highest BCUT2D eigenvalue weighted by Gasteiger charge is 2.09. The Balaban J connectivity index is 2.08. The van der Waals surface area contributed by atoms with Gasteiger partial charge in [0.15, 0.2) is 0 Å². The van der Waals surface area contributed by atoms with Crippen LogP contribution < -0.4 is 5.32 Å². The van der Waals surface area contributed by atoms with Crippen molar-refractivity contribution in [3.8, 4) is 0 Å². The van der Waals surface area contributed by atoms with Crippen LogP contribution in [0.5, 0.6) is 0 Å². The fourth-order valence-electron chi connectivity index (χ4n) is 2.15. The van der Waals surface area contributed by atoms with E-state index in [0.29, 0.717) is 17.3 Å². The Kier molecular flexibility index (Phi) is 5.34. The minimum absolute atomic E-state index is 0.125. The smallest absolute Gasteiger partial charge is 0.251 e. The molecule has 1 aromatic heterocycles. The molecule has 4 heteroatoms. The van der Waals surface area contributed by atoms with Crippen LogP contribution in [0, 0.1) is 6.92 Å². The quantitative estimate of drug-likeness (QED) is 0.850. The number of carbonyl (C=O) groups excluding carboxylic acids is 1. The Morgan fingerprint density at radius 3 is 2.76 bits per heavy atom. The van der Waals surface area contributed by atoms with Crippen molar-refractivity contribution >= 4 is 17.5 Å². The molecule has 0 saturated carbocycles. The van der Waals surface area contributed by atoms with Gasteiger partial charge in [0.2, 0.25) is 0 Å². The summed E-state index contributed by atoms with van der Waals surface area (Å²) in [6.07, 6.45) is 1.79. The maximum absolute atomic E-state index is 12.2. The average Bonchev–Trinajstić information content (AvgIpc) is 2.46. The van der Waals surface area contributed by atoms with Crippen LogP contribution in [0.1, 0.15) is 40.5 Å². The minimum atomic E-state index is -0.125. The second-order valence-electron chi connectivity index (χ2n) is 5.03.